The van der Waals surface area contributed by atoms with Crippen molar-refractivity contribution < 1.29 is 0 Å². The monoisotopic (exact) mass is 193 g/mol. The maximum atomic E-state index is 3.59. The smallest absolute Gasteiger partial charge is 0.0121 e. The van der Waals surface area contributed by atoms with Crippen molar-refractivity contribution in [2.24, 2.45) is 23.2 Å². The zero-order valence-electron chi connectivity index (χ0n) is 9.55. The molecular weight excluding hydrogens is 170 g/mol. The Morgan fingerprint density at radius 3 is 2.29 bits per heavy atom. The van der Waals surface area contributed by atoms with E-state index in [4.69, 9.17) is 0 Å². The van der Waals surface area contributed by atoms with Gasteiger partial charge in [-0.1, -0.05) is 13.3 Å². The third kappa shape index (κ3) is 1.11. The van der Waals surface area contributed by atoms with Crippen LogP contribution in [0.1, 0.15) is 45.4 Å². The molecule has 0 aromatic heterocycles. The van der Waals surface area contributed by atoms with Gasteiger partial charge in [-0.15, -0.1) is 0 Å². The number of rotatable bonds is 2. The van der Waals surface area contributed by atoms with E-state index in [0.29, 0.717) is 0 Å². The van der Waals surface area contributed by atoms with Crippen molar-refractivity contribution in [1.29, 1.82) is 0 Å². The summed E-state index contributed by atoms with van der Waals surface area (Å²) in [4.78, 5) is 0. The molecule has 0 spiro atoms. The summed E-state index contributed by atoms with van der Waals surface area (Å²) in [6, 6.07) is 0.867. The van der Waals surface area contributed by atoms with Gasteiger partial charge in [0.2, 0.25) is 0 Å². The highest BCUT2D eigenvalue weighted by atomic mass is 14.9. The minimum atomic E-state index is 0.782. The summed E-state index contributed by atoms with van der Waals surface area (Å²) in [6.07, 6.45) is 9.12. The zero-order valence-corrected chi connectivity index (χ0v) is 9.55. The fourth-order valence-corrected chi connectivity index (χ4v) is 5.10. The molecule has 0 heterocycles. The van der Waals surface area contributed by atoms with Crippen molar-refractivity contribution in [3.8, 4) is 0 Å². The summed E-state index contributed by atoms with van der Waals surface area (Å²) in [7, 11) is 2.17. The van der Waals surface area contributed by atoms with E-state index in [1.807, 2.05) is 0 Å². The van der Waals surface area contributed by atoms with Crippen LogP contribution in [-0.2, 0) is 0 Å². The maximum absolute atomic E-state index is 3.59. The van der Waals surface area contributed by atoms with Crippen molar-refractivity contribution >= 4 is 0 Å². The van der Waals surface area contributed by atoms with Crippen molar-refractivity contribution in [3.05, 3.63) is 0 Å². The Morgan fingerprint density at radius 2 is 1.79 bits per heavy atom. The summed E-state index contributed by atoms with van der Waals surface area (Å²) < 4.78 is 0. The third-order valence-electron chi connectivity index (χ3n) is 5.48. The van der Waals surface area contributed by atoms with Crippen LogP contribution in [0.2, 0.25) is 0 Å². The van der Waals surface area contributed by atoms with E-state index in [2.05, 4.69) is 19.3 Å². The third-order valence-corrected chi connectivity index (χ3v) is 5.48. The van der Waals surface area contributed by atoms with Crippen LogP contribution < -0.4 is 5.32 Å². The Hall–Kier alpha value is -0.0400. The van der Waals surface area contributed by atoms with Gasteiger partial charge in [0, 0.05) is 6.04 Å². The molecule has 4 rings (SSSR count). The molecule has 4 saturated carbocycles. The second kappa shape index (κ2) is 2.98. The number of nitrogens with one attached hydrogen (secondary N) is 1. The van der Waals surface area contributed by atoms with Crippen molar-refractivity contribution in [2.75, 3.05) is 7.05 Å². The van der Waals surface area contributed by atoms with Gasteiger partial charge >= 0.3 is 0 Å². The molecule has 1 nitrogen and oxygen atoms in total. The van der Waals surface area contributed by atoms with Crippen LogP contribution in [0.25, 0.3) is 0 Å². The average molecular weight is 193 g/mol. The Balaban J connectivity index is 1.88. The summed E-state index contributed by atoms with van der Waals surface area (Å²) >= 11 is 0. The Morgan fingerprint density at radius 1 is 1.14 bits per heavy atom. The molecule has 1 N–H and O–H groups in total. The SMILES string of the molecule is CCC12CC3CC(C1)C(NC)C(C3)C2. The van der Waals surface area contributed by atoms with E-state index in [1.54, 1.807) is 6.42 Å². The van der Waals surface area contributed by atoms with Crippen molar-refractivity contribution in [3.63, 3.8) is 0 Å². The first kappa shape index (κ1) is 9.21. The van der Waals surface area contributed by atoms with Gasteiger partial charge in [-0.2, -0.15) is 0 Å². The zero-order chi connectivity index (χ0) is 9.76. The average Bonchev–Trinajstić information content (AvgIpc) is 2.17. The van der Waals surface area contributed by atoms with Crippen LogP contribution >= 0.6 is 0 Å². The van der Waals surface area contributed by atoms with Crippen LogP contribution in [0, 0.1) is 23.2 Å². The van der Waals surface area contributed by atoms with Gasteiger partial charge in [-0.25, -0.2) is 0 Å². The lowest BCUT2D eigenvalue weighted by atomic mass is 9.47. The molecule has 4 aliphatic carbocycles. The topological polar surface area (TPSA) is 12.0 Å². The molecule has 0 aromatic rings. The lowest BCUT2D eigenvalue weighted by Gasteiger charge is -2.60. The van der Waals surface area contributed by atoms with E-state index in [9.17, 15) is 0 Å². The molecule has 2 unspecified atom stereocenters. The highest BCUT2D eigenvalue weighted by molar-refractivity contribution is 5.06. The molecule has 80 valence electrons. The fraction of sp³-hybridized carbons (Fsp3) is 1.00. The number of hydrogen-bond acceptors (Lipinski definition) is 1. The molecule has 0 radical (unpaired) electrons. The molecule has 4 bridgehead atoms. The van der Waals surface area contributed by atoms with Gasteiger partial charge in [-0.3, -0.25) is 0 Å². The van der Waals surface area contributed by atoms with Gasteiger partial charge in [0.1, 0.15) is 0 Å². The van der Waals surface area contributed by atoms with Gasteiger partial charge in [0.05, 0.1) is 0 Å². The number of hydrogen-bond donors (Lipinski definition) is 1. The predicted octanol–water partition coefficient (Wildman–Crippen LogP) is 2.81. The Labute approximate surface area is 87.7 Å². The largest absolute Gasteiger partial charge is 0.316 e. The lowest BCUT2D eigenvalue weighted by molar-refractivity contribution is -0.0763. The first-order chi connectivity index (χ1) is 6.76. The summed E-state index contributed by atoms with van der Waals surface area (Å²) in [5.41, 5.74) is 0.782. The van der Waals surface area contributed by atoms with E-state index in [1.165, 1.54) is 32.1 Å². The lowest BCUT2D eigenvalue weighted by Crippen LogP contribution is -2.57. The minimum Gasteiger partial charge on any atom is -0.316 e. The highest BCUT2D eigenvalue weighted by Crippen LogP contribution is 2.61. The standard InChI is InChI=1S/C13H23N/c1-3-13-6-9-4-10(7-13)12(14-2)11(5-9)8-13/h9-12,14H,3-8H2,1-2H3. The van der Waals surface area contributed by atoms with E-state index in [-0.39, 0.29) is 0 Å². The summed E-state index contributed by atoms with van der Waals surface area (Å²) in [5.74, 6) is 3.13. The van der Waals surface area contributed by atoms with Gasteiger partial charge < -0.3 is 5.32 Å². The van der Waals surface area contributed by atoms with E-state index >= 15 is 0 Å². The van der Waals surface area contributed by atoms with Gasteiger partial charge in [0.15, 0.2) is 0 Å². The molecule has 1 heteroatoms. The molecule has 4 aliphatic rings. The first-order valence-electron chi connectivity index (χ1n) is 6.43. The molecule has 4 fully saturated rings. The predicted molar refractivity (Wildman–Crippen MR) is 59.1 cm³/mol. The highest BCUT2D eigenvalue weighted by Gasteiger charge is 2.53. The normalized spacial score (nSPS) is 55.3. The molecular formula is C13H23N. The van der Waals surface area contributed by atoms with Crippen LogP contribution in [0.5, 0.6) is 0 Å². The Bertz CT molecular complexity index is 219. The fourth-order valence-electron chi connectivity index (χ4n) is 5.10. The second-order valence-electron chi connectivity index (χ2n) is 6.14. The van der Waals surface area contributed by atoms with Crippen LogP contribution in [-0.4, -0.2) is 13.1 Å². The second-order valence-corrected chi connectivity index (χ2v) is 6.14. The summed E-state index contributed by atoms with van der Waals surface area (Å²) in [5, 5.41) is 3.59. The molecule has 0 saturated heterocycles. The van der Waals surface area contributed by atoms with Crippen LogP contribution in [0.4, 0.5) is 0 Å². The van der Waals surface area contributed by atoms with Gasteiger partial charge in [-0.05, 0) is 62.3 Å². The van der Waals surface area contributed by atoms with Crippen LogP contribution in [0.3, 0.4) is 0 Å². The quantitative estimate of drug-likeness (QED) is 0.711. The van der Waals surface area contributed by atoms with Crippen molar-refractivity contribution in [2.45, 2.75) is 51.5 Å². The van der Waals surface area contributed by atoms with Gasteiger partial charge in [0.25, 0.3) is 0 Å². The molecule has 0 amide bonds. The van der Waals surface area contributed by atoms with Crippen LogP contribution in [0.15, 0.2) is 0 Å². The summed E-state index contributed by atoms with van der Waals surface area (Å²) in [6.45, 7) is 2.42. The first-order valence-corrected chi connectivity index (χ1v) is 6.43. The molecule has 0 aromatic carbocycles. The van der Waals surface area contributed by atoms with Crippen molar-refractivity contribution in [1.82, 2.24) is 5.32 Å². The molecule has 0 aliphatic heterocycles. The molecule has 2 atom stereocenters. The molecule has 14 heavy (non-hydrogen) atoms. The minimum absolute atomic E-state index is 0.782. The van der Waals surface area contributed by atoms with E-state index < -0.39 is 0 Å². The Kier molecular flexibility index (Phi) is 1.96. The maximum Gasteiger partial charge on any atom is 0.0121 e. The van der Waals surface area contributed by atoms with E-state index in [0.717, 1.165) is 29.2 Å².